The summed E-state index contributed by atoms with van der Waals surface area (Å²) in [5, 5.41) is 19.4. The maximum Gasteiger partial charge on any atom is 0.153 e. The summed E-state index contributed by atoms with van der Waals surface area (Å²) < 4.78 is 0. The molecule has 1 unspecified atom stereocenters. The van der Waals surface area contributed by atoms with Crippen LogP contribution in [0, 0.1) is 0 Å². The molecule has 4 heteroatoms. The number of nitrogens with one attached hydrogen (secondary N) is 1. The normalized spacial score (nSPS) is 15.7. The second kappa shape index (κ2) is 6.57. The minimum atomic E-state index is -0.374. The van der Waals surface area contributed by atoms with Gasteiger partial charge in [-0.3, -0.25) is 5.01 Å². The molecule has 0 bridgehead atoms. The van der Waals surface area contributed by atoms with E-state index in [1.54, 1.807) is 6.92 Å². The summed E-state index contributed by atoms with van der Waals surface area (Å²) in [6.45, 7) is 6.33. The van der Waals surface area contributed by atoms with E-state index in [9.17, 15) is 5.11 Å². The van der Waals surface area contributed by atoms with E-state index in [0.717, 1.165) is 30.9 Å². The molecule has 0 aliphatic carbocycles. The quantitative estimate of drug-likeness (QED) is 0.851. The summed E-state index contributed by atoms with van der Waals surface area (Å²) in [5.41, 5.74) is 2.44. The van der Waals surface area contributed by atoms with Gasteiger partial charge in [0.05, 0.1) is 12.6 Å². The molecule has 0 radical (unpaired) electrons. The Bertz CT molecular complexity index is 443. The highest BCUT2D eigenvalue weighted by molar-refractivity contribution is 6.00. The minimum absolute atomic E-state index is 0.374. The van der Waals surface area contributed by atoms with Crippen molar-refractivity contribution in [3.63, 3.8) is 0 Å². The number of hydrogen-bond acceptors (Lipinski definition) is 4. The molecule has 104 valence electrons. The van der Waals surface area contributed by atoms with Crippen LogP contribution in [0.4, 0.5) is 0 Å². The lowest BCUT2D eigenvalue weighted by Gasteiger charge is -2.28. The third-order valence-electron chi connectivity index (χ3n) is 3.20. The Morgan fingerprint density at radius 1 is 1.42 bits per heavy atom. The fourth-order valence-corrected chi connectivity index (χ4v) is 2.16. The summed E-state index contributed by atoms with van der Waals surface area (Å²) in [4.78, 5) is 0. The van der Waals surface area contributed by atoms with Crippen LogP contribution < -0.4 is 5.32 Å². The number of unbranched alkanes of at least 4 members (excludes halogenated alkanes) is 1. The summed E-state index contributed by atoms with van der Waals surface area (Å²) >= 11 is 0. The molecule has 2 N–H and O–H groups in total. The zero-order valence-corrected chi connectivity index (χ0v) is 11.8. The fourth-order valence-electron chi connectivity index (χ4n) is 2.16. The van der Waals surface area contributed by atoms with E-state index in [0.29, 0.717) is 6.54 Å². The van der Waals surface area contributed by atoms with Gasteiger partial charge in [0.1, 0.15) is 0 Å². The number of amidine groups is 1. The van der Waals surface area contributed by atoms with Crippen LogP contribution in [-0.2, 0) is 6.54 Å². The predicted octanol–water partition coefficient (Wildman–Crippen LogP) is 1.93. The SMILES string of the molecule is CCCCN1Cc2ccccc2C(NCC(C)O)=N1. The van der Waals surface area contributed by atoms with Gasteiger partial charge in [0.15, 0.2) is 5.84 Å². The van der Waals surface area contributed by atoms with Crippen molar-refractivity contribution in [1.82, 2.24) is 10.3 Å². The zero-order valence-electron chi connectivity index (χ0n) is 11.8. The number of hydrazone groups is 1. The van der Waals surface area contributed by atoms with Crippen molar-refractivity contribution in [2.45, 2.75) is 39.3 Å². The molecule has 1 aromatic carbocycles. The molecule has 2 rings (SSSR count). The first-order valence-corrected chi connectivity index (χ1v) is 7.04. The highest BCUT2D eigenvalue weighted by Gasteiger charge is 2.18. The third kappa shape index (κ3) is 3.70. The average Bonchev–Trinajstić information content (AvgIpc) is 2.42. The van der Waals surface area contributed by atoms with Gasteiger partial charge in [-0.05, 0) is 18.9 Å². The van der Waals surface area contributed by atoms with E-state index in [2.05, 4.69) is 40.5 Å². The molecule has 0 spiro atoms. The molecule has 0 saturated heterocycles. The van der Waals surface area contributed by atoms with Crippen molar-refractivity contribution >= 4 is 5.84 Å². The Kier molecular flexibility index (Phi) is 4.80. The van der Waals surface area contributed by atoms with E-state index in [1.165, 1.54) is 12.0 Å². The number of hydrogen-bond donors (Lipinski definition) is 2. The summed E-state index contributed by atoms with van der Waals surface area (Å²) in [6.07, 6.45) is 1.94. The molecule has 1 aliphatic heterocycles. The van der Waals surface area contributed by atoms with Crippen molar-refractivity contribution in [3.8, 4) is 0 Å². The summed E-state index contributed by atoms with van der Waals surface area (Å²) in [7, 11) is 0. The zero-order chi connectivity index (χ0) is 13.7. The average molecular weight is 261 g/mol. The van der Waals surface area contributed by atoms with Crippen LogP contribution in [0.15, 0.2) is 29.4 Å². The largest absolute Gasteiger partial charge is 0.392 e. The second-order valence-electron chi connectivity index (χ2n) is 5.08. The molecular weight excluding hydrogens is 238 g/mol. The molecule has 1 heterocycles. The van der Waals surface area contributed by atoms with E-state index in [1.807, 2.05) is 6.07 Å². The summed E-state index contributed by atoms with van der Waals surface area (Å²) in [6, 6.07) is 8.32. The van der Waals surface area contributed by atoms with Gasteiger partial charge in [0.2, 0.25) is 0 Å². The van der Waals surface area contributed by atoms with Gasteiger partial charge in [0, 0.05) is 18.7 Å². The lowest BCUT2D eigenvalue weighted by Crippen LogP contribution is -2.37. The first-order chi connectivity index (χ1) is 9.20. The van der Waals surface area contributed by atoms with E-state index in [4.69, 9.17) is 0 Å². The van der Waals surface area contributed by atoms with Crippen molar-refractivity contribution in [2.75, 3.05) is 13.1 Å². The van der Waals surface area contributed by atoms with Gasteiger partial charge >= 0.3 is 0 Å². The lowest BCUT2D eigenvalue weighted by molar-refractivity contribution is 0.197. The van der Waals surface area contributed by atoms with Crippen LogP contribution in [0.5, 0.6) is 0 Å². The highest BCUT2D eigenvalue weighted by atomic mass is 16.3. The minimum Gasteiger partial charge on any atom is -0.392 e. The van der Waals surface area contributed by atoms with Crippen molar-refractivity contribution < 1.29 is 5.11 Å². The molecular formula is C15H23N3O. The Balaban J connectivity index is 2.15. The molecule has 4 nitrogen and oxygen atoms in total. The maximum atomic E-state index is 9.41. The number of aliphatic hydroxyl groups is 1. The second-order valence-corrected chi connectivity index (χ2v) is 5.08. The molecule has 1 aliphatic rings. The molecule has 1 atom stereocenters. The highest BCUT2D eigenvalue weighted by Crippen LogP contribution is 2.18. The molecule has 0 aromatic heterocycles. The lowest BCUT2D eigenvalue weighted by atomic mass is 10.0. The monoisotopic (exact) mass is 261 g/mol. The van der Waals surface area contributed by atoms with E-state index < -0.39 is 0 Å². The number of fused-ring (bicyclic) bond motifs is 1. The Morgan fingerprint density at radius 2 is 2.21 bits per heavy atom. The molecule has 0 fully saturated rings. The van der Waals surface area contributed by atoms with Crippen LogP contribution in [-0.4, -0.2) is 35.1 Å². The fraction of sp³-hybridized carbons (Fsp3) is 0.533. The molecule has 1 aromatic rings. The number of aliphatic hydroxyl groups excluding tert-OH is 1. The summed E-state index contributed by atoms with van der Waals surface area (Å²) in [5.74, 6) is 0.874. The van der Waals surface area contributed by atoms with Gasteiger partial charge in [-0.2, -0.15) is 5.10 Å². The Morgan fingerprint density at radius 3 is 2.95 bits per heavy atom. The van der Waals surface area contributed by atoms with Gasteiger partial charge in [-0.25, -0.2) is 0 Å². The third-order valence-corrected chi connectivity index (χ3v) is 3.20. The van der Waals surface area contributed by atoms with Crippen LogP contribution in [0.2, 0.25) is 0 Å². The molecule has 19 heavy (non-hydrogen) atoms. The van der Waals surface area contributed by atoms with Crippen molar-refractivity contribution in [3.05, 3.63) is 35.4 Å². The van der Waals surface area contributed by atoms with Crippen LogP contribution in [0.1, 0.15) is 37.8 Å². The van der Waals surface area contributed by atoms with Crippen LogP contribution in [0.25, 0.3) is 0 Å². The van der Waals surface area contributed by atoms with Gasteiger partial charge < -0.3 is 10.4 Å². The Labute approximate surface area is 115 Å². The van der Waals surface area contributed by atoms with E-state index >= 15 is 0 Å². The number of benzene rings is 1. The molecule has 0 saturated carbocycles. The first-order valence-electron chi connectivity index (χ1n) is 7.04. The number of nitrogens with zero attached hydrogens (tertiary/aromatic N) is 2. The first kappa shape index (κ1) is 13.9. The number of rotatable bonds is 5. The topological polar surface area (TPSA) is 47.9 Å². The maximum absolute atomic E-state index is 9.41. The van der Waals surface area contributed by atoms with Crippen LogP contribution in [0.3, 0.4) is 0 Å². The van der Waals surface area contributed by atoms with E-state index in [-0.39, 0.29) is 6.10 Å². The van der Waals surface area contributed by atoms with Crippen LogP contribution >= 0.6 is 0 Å². The van der Waals surface area contributed by atoms with Gasteiger partial charge in [-0.1, -0.05) is 37.6 Å². The standard InChI is InChI=1S/C15H23N3O/c1-3-4-9-18-11-13-7-5-6-8-14(13)15(17-18)16-10-12(2)19/h5-8,12,19H,3-4,9-11H2,1-2H3,(H,16,17). The van der Waals surface area contributed by atoms with Gasteiger partial charge in [0.25, 0.3) is 0 Å². The van der Waals surface area contributed by atoms with Gasteiger partial charge in [-0.15, -0.1) is 0 Å². The smallest absolute Gasteiger partial charge is 0.153 e. The van der Waals surface area contributed by atoms with Crippen molar-refractivity contribution in [1.29, 1.82) is 0 Å². The molecule has 0 amide bonds. The Hall–Kier alpha value is -1.55. The predicted molar refractivity (Wildman–Crippen MR) is 78.0 cm³/mol. The van der Waals surface area contributed by atoms with Crippen molar-refractivity contribution in [2.24, 2.45) is 5.10 Å².